The van der Waals surface area contributed by atoms with Gasteiger partial charge in [-0.1, -0.05) is 12.2 Å². The molecule has 0 bridgehead atoms. The van der Waals surface area contributed by atoms with Crippen LogP contribution in [0.2, 0.25) is 0 Å². The minimum Gasteiger partial charge on any atom is -0.388 e. The van der Waals surface area contributed by atoms with Gasteiger partial charge in [0.25, 0.3) is 0 Å². The van der Waals surface area contributed by atoms with Crippen LogP contribution in [0.4, 0.5) is 13.2 Å². The first-order valence-corrected chi connectivity index (χ1v) is 7.02. The van der Waals surface area contributed by atoms with Gasteiger partial charge in [0.1, 0.15) is 0 Å². The SMILES string of the molecule is O=C(NC[C@]1(O)CCC[C@H](C(F)(F)F)C1)C1CC=CC1. The Bertz CT molecular complexity index is 386. The quantitative estimate of drug-likeness (QED) is 0.785. The maximum Gasteiger partial charge on any atom is 0.391 e. The van der Waals surface area contributed by atoms with Crippen LogP contribution in [0.1, 0.15) is 38.5 Å². The molecule has 20 heavy (non-hydrogen) atoms. The summed E-state index contributed by atoms with van der Waals surface area (Å²) in [4.78, 5) is 11.8. The predicted molar refractivity (Wildman–Crippen MR) is 67.8 cm³/mol. The van der Waals surface area contributed by atoms with E-state index in [0.717, 1.165) is 0 Å². The zero-order valence-electron chi connectivity index (χ0n) is 11.2. The van der Waals surface area contributed by atoms with Gasteiger partial charge < -0.3 is 10.4 Å². The molecular formula is C14H20F3NO2. The number of allylic oxidation sites excluding steroid dienone is 2. The molecular weight excluding hydrogens is 271 g/mol. The molecule has 0 spiro atoms. The average Bonchev–Trinajstić information content (AvgIpc) is 2.89. The van der Waals surface area contributed by atoms with Gasteiger partial charge in [0.05, 0.1) is 11.5 Å². The zero-order valence-corrected chi connectivity index (χ0v) is 11.2. The van der Waals surface area contributed by atoms with Crippen LogP contribution in [0.25, 0.3) is 0 Å². The molecule has 0 aromatic rings. The third-order valence-corrected chi connectivity index (χ3v) is 4.25. The Balaban J connectivity index is 1.85. The van der Waals surface area contributed by atoms with Crippen molar-refractivity contribution >= 4 is 5.91 Å². The first-order valence-electron chi connectivity index (χ1n) is 7.02. The second kappa shape index (κ2) is 5.76. The number of carbonyl (C=O) groups is 1. The largest absolute Gasteiger partial charge is 0.391 e. The Kier molecular flexibility index (Phi) is 4.42. The molecule has 0 unspecified atom stereocenters. The molecule has 1 fully saturated rings. The van der Waals surface area contributed by atoms with E-state index >= 15 is 0 Å². The van der Waals surface area contributed by atoms with Gasteiger partial charge in [0.2, 0.25) is 5.91 Å². The first kappa shape index (κ1) is 15.4. The number of halogens is 3. The van der Waals surface area contributed by atoms with Gasteiger partial charge in [-0.3, -0.25) is 4.79 Å². The second-order valence-electron chi connectivity index (χ2n) is 5.92. The van der Waals surface area contributed by atoms with Crippen molar-refractivity contribution in [2.45, 2.75) is 50.3 Å². The Hall–Kier alpha value is -1.04. The van der Waals surface area contributed by atoms with Crippen LogP contribution >= 0.6 is 0 Å². The Labute approximate surface area is 116 Å². The van der Waals surface area contributed by atoms with Gasteiger partial charge in [0.15, 0.2) is 0 Å². The highest BCUT2D eigenvalue weighted by molar-refractivity contribution is 5.79. The number of alkyl halides is 3. The normalized spacial score (nSPS) is 31.5. The van der Waals surface area contributed by atoms with Crippen molar-refractivity contribution in [3.63, 3.8) is 0 Å². The maximum absolute atomic E-state index is 12.7. The van der Waals surface area contributed by atoms with E-state index in [-0.39, 0.29) is 31.2 Å². The molecule has 2 atom stereocenters. The molecule has 2 aliphatic rings. The fraction of sp³-hybridized carbons (Fsp3) is 0.786. The monoisotopic (exact) mass is 291 g/mol. The van der Waals surface area contributed by atoms with Crippen molar-refractivity contribution in [2.24, 2.45) is 11.8 Å². The van der Waals surface area contributed by atoms with Crippen LogP contribution in [0, 0.1) is 11.8 Å². The number of nitrogens with one attached hydrogen (secondary N) is 1. The van der Waals surface area contributed by atoms with Gasteiger partial charge >= 0.3 is 6.18 Å². The summed E-state index contributed by atoms with van der Waals surface area (Å²) < 4.78 is 38.2. The topological polar surface area (TPSA) is 49.3 Å². The highest BCUT2D eigenvalue weighted by atomic mass is 19.4. The molecule has 3 nitrogen and oxygen atoms in total. The molecule has 2 rings (SSSR count). The van der Waals surface area contributed by atoms with Crippen molar-refractivity contribution in [1.29, 1.82) is 0 Å². The first-order chi connectivity index (χ1) is 9.30. The van der Waals surface area contributed by atoms with Crippen molar-refractivity contribution in [2.75, 3.05) is 6.54 Å². The highest BCUT2D eigenvalue weighted by Crippen LogP contribution is 2.41. The smallest absolute Gasteiger partial charge is 0.388 e. The summed E-state index contributed by atoms with van der Waals surface area (Å²) in [5, 5.41) is 12.9. The van der Waals surface area contributed by atoms with Gasteiger partial charge in [-0.2, -0.15) is 13.2 Å². The molecule has 114 valence electrons. The third kappa shape index (κ3) is 3.75. The van der Waals surface area contributed by atoms with Crippen LogP contribution in [0.15, 0.2) is 12.2 Å². The molecule has 2 aliphatic carbocycles. The lowest BCUT2D eigenvalue weighted by Gasteiger charge is -2.37. The van der Waals surface area contributed by atoms with Crippen molar-refractivity contribution in [1.82, 2.24) is 5.32 Å². The summed E-state index contributed by atoms with van der Waals surface area (Å²) in [6, 6.07) is 0. The zero-order chi connectivity index (χ0) is 14.8. The van der Waals surface area contributed by atoms with Crippen molar-refractivity contribution in [3.05, 3.63) is 12.2 Å². The minimum atomic E-state index is -4.27. The van der Waals surface area contributed by atoms with E-state index in [4.69, 9.17) is 0 Å². The third-order valence-electron chi connectivity index (χ3n) is 4.25. The van der Waals surface area contributed by atoms with E-state index in [0.29, 0.717) is 25.7 Å². The van der Waals surface area contributed by atoms with E-state index in [9.17, 15) is 23.1 Å². The highest BCUT2D eigenvalue weighted by Gasteiger charge is 2.47. The molecule has 1 amide bonds. The van der Waals surface area contributed by atoms with Gasteiger partial charge in [-0.05, 0) is 38.5 Å². The maximum atomic E-state index is 12.7. The van der Waals surface area contributed by atoms with E-state index < -0.39 is 17.7 Å². The Morgan fingerprint density at radius 3 is 2.60 bits per heavy atom. The van der Waals surface area contributed by atoms with E-state index in [1.165, 1.54) is 0 Å². The van der Waals surface area contributed by atoms with E-state index in [2.05, 4.69) is 5.32 Å². The summed E-state index contributed by atoms with van der Waals surface area (Å²) >= 11 is 0. The van der Waals surface area contributed by atoms with Crippen molar-refractivity contribution in [3.8, 4) is 0 Å². The lowest BCUT2D eigenvalue weighted by atomic mass is 9.77. The minimum absolute atomic E-state index is 0.0618. The fourth-order valence-electron chi connectivity index (χ4n) is 3.01. The number of aliphatic hydroxyl groups is 1. The number of amides is 1. The number of hydrogen-bond acceptors (Lipinski definition) is 2. The van der Waals surface area contributed by atoms with Crippen LogP contribution < -0.4 is 5.32 Å². The van der Waals surface area contributed by atoms with Crippen LogP contribution in [-0.4, -0.2) is 29.3 Å². The molecule has 2 N–H and O–H groups in total. The molecule has 1 saturated carbocycles. The van der Waals surface area contributed by atoms with Crippen LogP contribution in [0.5, 0.6) is 0 Å². The van der Waals surface area contributed by atoms with Gasteiger partial charge in [0, 0.05) is 12.5 Å². The summed E-state index contributed by atoms with van der Waals surface area (Å²) in [5.41, 5.74) is -1.43. The van der Waals surface area contributed by atoms with Gasteiger partial charge in [-0.15, -0.1) is 0 Å². The lowest BCUT2D eigenvalue weighted by Crippen LogP contribution is -2.49. The van der Waals surface area contributed by atoms with Crippen LogP contribution in [-0.2, 0) is 4.79 Å². The standard InChI is InChI=1S/C14H20F3NO2/c15-14(16,17)11-6-3-7-13(20,8-11)9-18-12(19)10-4-1-2-5-10/h1-2,10-11,20H,3-9H2,(H,18,19)/t11-,13-/m0/s1. The molecule has 0 radical (unpaired) electrons. The average molecular weight is 291 g/mol. The Morgan fingerprint density at radius 2 is 2.00 bits per heavy atom. The Morgan fingerprint density at radius 1 is 1.35 bits per heavy atom. The van der Waals surface area contributed by atoms with E-state index in [1.54, 1.807) is 0 Å². The van der Waals surface area contributed by atoms with Crippen molar-refractivity contribution < 1.29 is 23.1 Å². The fourth-order valence-corrected chi connectivity index (χ4v) is 3.01. The summed E-state index contributed by atoms with van der Waals surface area (Å²) in [6.45, 7) is -0.0884. The van der Waals surface area contributed by atoms with E-state index in [1.807, 2.05) is 12.2 Å². The molecule has 0 aromatic carbocycles. The molecule has 0 aromatic heterocycles. The number of hydrogen-bond donors (Lipinski definition) is 2. The number of carbonyl (C=O) groups excluding carboxylic acids is 1. The summed E-state index contributed by atoms with van der Waals surface area (Å²) in [7, 11) is 0. The second-order valence-corrected chi connectivity index (χ2v) is 5.92. The summed E-state index contributed by atoms with van der Waals surface area (Å²) in [6.07, 6.45) is 1.27. The predicted octanol–water partition coefficient (Wildman–Crippen LogP) is 2.55. The van der Waals surface area contributed by atoms with Gasteiger partial charge in [-0.25, -0.2) is 0 Å². The molecule has 0 heterocycles. The van der Waals surface area contributed by atoms with Crippen LogP contribution in [0.3, 0.4) is 0 Å². The summed E-state index contributed by atoms with van der Waals surface area (Å²) in [5.74, 6) is -1.79. The lowest BCUT2D eigenvalue weighted by molar-refractivity contribution is -0.200. The molecule has 0 saturated heterocycles. The molecule has 0 aliphatic heterocycles. The number of rotatable bonds is 3. The molecule has 6 heteroatoms.